The van der Waals surface area contributed by atoms with Crippen LogP contribution in [-0.2, 0) is 22.6 Å². The lowest BCUT2D eigenvalue weighted by atomic mass is 10.1. The smallest absolute Gasteiger partial charge is 0.323 e. The van der Waals surface area contributed by atoms with Crippen LogP contribution < -0.4 is 5.32 Å². The van der Waals surface area contributed by atoms with Gasteiger partial charge in [-0.15, -0.1) is 0 Å². The van der Waals surface area contributed by atoms with Crippen LogP contribution in [0, 0.1) is 11.3 Å². The molecule has 0 aliphatic carbocycles. The fourth-order valence-electron chi connectivity index (χ4n) is 2.36. The minimum absolute atomic E-state index is 0.243. The SMILES string of the molecule is C[C@H](NC(C#N)CCc1ccccc1)C(=O)OCc1ccccc1. The maximum absolute atomic E-state index is 12.0. The van der Waals surface area contributed by atoms with Gasteiger partial charge in [-0.2, -0.15) is 5.26 Å². The molecular formula is C20H22N2O2. The van der Waals surface area contributed by atoms with Crippen molar-refractivity contribution in [3.8, 4) is 6.07 Å². The van der Waals surface area contributed by atoms with Gasteiger partial charge < -0.3 is 4.74 Å². The first-order valence-corrected chi connectivity index (χ1v) is 8.09. The molecule has 124 valence electrons. The monoisotopic (exact) mass is 322 g/mol. The van der Waals surface area contributed by atoms with E-state index < -0.39 is 6.04 Å². The summed E-state index contributed by atoms with van der Waals surface area (Å²) in [5, 5.41) is 12.3. The van der Waals surface area contributed by atoms with Crippen molar-refractivity contribution < 1.29 is 9.53 Å². The quantitative estimate of drug-likeness (QED) is 0.758. The number of nitriles is 1. The number of carbonyl (C=O) groups excluding carboxylic acids is 1. The highest BCUT2D eigenvalue weighted by Crippen LogP contribution is 2.06. The third-order valence-electron chi connectivity index (χ3n) is 3.75. The van der Waals surface area contributed by atoms with Crippen molar-refractivity contribution in [2.45, 2.75) is 38.5 Å². The standard InChI is InChI=1S/C20H22N2O2/c1-16(20(23)24-15-18-10-6-3-7-11-18)22-19(14-21)13-12-17-8-4-2-5-9-17/h2-11,16,19,22H,12-13,15H2,1H3/t16-,19?/m0/s1. The number of hydrogen-bond donors (Lipinski definition) is 1. The van der Waals surface area contributed by atoms with Crippen LogP contribution in [0.2, 0.25) is 0 Å². The maximum Gasteiger partial charge on any atom is 0.323 e. The number of esters is 1. The van der Waals surface area contributed by atoms with Gasteiger partial charge in [0.25, 0.3) is 0 Å². The van der Waals surface area contributed by atoms with Crippen LogP contribution in [0.15, 0.2) is 60.7 Å². The van der Waals surface area contributed by atoms with E-state index >= 15 is 0 Å². The van der Waals surface area contributed by atoms with Gasteiger partial charge in [0.05, 0.1) is 12.1 Å². The average Bonchev–Trinajstić information content (AvgIpc) is 2.64. The topological polar surface area (TPSA) is 62.1 Å². The molecule has 0 aliphatic heterocycles. The minimum atomic E-state index is -0.519. The molecule has 0 heterocycles. The first-order chi connectivity index (χ1) is 11.7. The summed E-state index contributed by atoms with van der Waals surface area (Å²) in [7, 11) is 0. The summed E-state index contributed by atoms with van der Waals surface area (Å²) in [6.45, 7) is 1.97. The number of carbonyl (C=O) groups is 1. The second-order valence-electron chi connectivity index (χ2n) is 5.69. The van der Waals surface area contributed by atoms with Crippen molar-refractivity contribution in [3.05, 3.63) is 71.8 Å². The Morgan fingerprint density at radius 2 is 1.67 bits per heavy atom. The Labute approximate surface area is 143 Å². The zero-order valence-corrected chi connectivity index (χ0v) is 13.8. The Hall–Kier alpha value is -2.64. The fourth-order valence-corrected chi connectivity index (χ4v) is 2.36. The van der Waals surface area contributed by atoms with Crippen LogP contribution in [0.4, 0.5) is 0 Å². The van der Waals surface area contributed by atoms with Crippen molar-refractivity contribution >= 4 is 5.97 Å². The Bertz CT molecular complexity index is 665. The molecule has 0 amide bonds. The summed E-state index contributed by atoms with van der Waals surface area (Å²) in [5.41, 5.74) is 2.12. The molecule has 0 fully saturated rings. The highest BCUT2D eigenvalue weighted by Gasteiger charge is 2.18. The number of nitrogens with one attached hydrogen (secondary N) is 1. The highest BCUT2D eigenvalue weighted by molar-refractivity contribution is 5.75. The van der Waals surface area contributed by atoms with E-state index in [1.807, 2.05) is 60.7 Å². The molecule has 0 spiro atoms. The minimum Gasteiger partial charge on any atom is -0.460 e. The van der Waals surface area contributed by atoms with Gasteiger partial charge >= 0.3 is 5.97 Å². The second-order valence-corrected chi connectivity index (χ2v) is 5.69. The van der Waals surface area contributed by atoms with Gasteiger partial charge in [-0.1, -0.05) is 60.7 Å². The lowest BCUT2D eigenvalue weighted by Gasteiger charge is -2.17. The van der Waals surface area contributed by atoms with Gasteiger partial charge in [0.1, 0.15) is 12.6 Å². The number of ether oxygens (including phenoxy) is 1. The molecule has 1 unspecified atom stereocenters. The number of hydrogen-bond acceptors (Lipinski definition) is 4. The van der Waals surface area contributed by atoms with Gasteiger partial charge in [-0.25, -0.2) is 0 Å². The Balaban J connectivity index is 1.77. The van der Waals surface area contributed by atoms with E-state index in [2.05, 4.69) is 11.4 Å². The Morgan fingerprint density at radius 1 is 1.08 bits per heavy atom. The van der Waals surface area contributed by atoms with Crippen molar-refractivity contribution in [1.29, 1.82) is 5.26 Å². The number of rotatable bonds is 8. The molecular weight excluding hydrogens is 300 g/mol. The molecule has 2 aromatic carbocycles. The molecule has 0 aliphatic rings. The van der Waals surface area contributed by atoms with Crippen molar-refractivity contribution in [3.63, 3.8) is 0 Å². The van der Waals surface area contributed by atoms with Gasteiger partial charge in [0.2, 0.25) is 0 Å². The molecule has 2 aromatic rings. The first-order valence-electron chi connectivity index (χ1n) is 8.09. The molecule has 0 bridgehead atoms. The molecule has 2 atom stereocenters. The number of aryl methyl sites for hydroxylation is 1. The third kappa shape index (κ3) is 5.86. The first kappa shape index (κ1) is 17.7. The zero-order valence-electron chi connectivity index (χ0n) is 13.8. The normalized spacial score (nSPS) is 12.8. The molecule has 0 aromatic heterocycles. The zero-order chi connectivity index (χ0) is 17.2. The molecule has 0 saturated carbocycles. The van der Waals surface area contributed by atoms with Gasteiger partial charge in [0, 0.05) is 0 Å². The summed E-state index contributed by atoms with van der Waals surface area (Å²) in [6, 6.07) is 20.8. The Kier molecular flexibility index (Phi) is 7.00. The van der Waals surface area contributed by atoms with Gasteiger partial charge in [-0.05, 0) is 30.9 Å². The molecule has 1 N–H and O–H groups in total. The van der Waals surface area contributed by atoms with E-state index in [1.54, 1.807) is 6.92 Å². The van der Waals surface area contributed by atoms with Crippen LogP contribution in [0.1, 0.15) is 24.5 Å². The largest absolute Gasteiger partial charge is 0.460 e. The fraction of sp³-hybridized carbons (Fsp3) is 0.300. The van der Waals surface area contributed by atoms with Gasteiger partial charge in [0.15, 0.2) is 0 Å². The summed E-state index contributed by atoms with van der Waals surface area (Å²) in [5.74, 6) is -0.348. The summed E-state index contributed by atoms with van der Waals surface area (Å²) >= 11 is 0. The molecule has 4 nitrogen and oxygen atoms in total. The lowest BCUT2D eigenvalue weighted by molar-refractivity contribution is -0.147. The Morgan fingerprint density at radius 3 is 2.25 bits per heavy atom. The second kappa shape index (κ2) is 9.49. The van der Waals surface area contributed by atoms with Crippen molar-refractivity contribution in [2.24, 2.45) is 0 Å². The van der Waals surface area contributed by atoms with Crippen molar-refractivity contribution in [1.82, 2.24) is 5.32 Å². The number of benzene rings is 2. The highest BCUT2D eigenvalue weighted by atomic mass is 16.5. The maximum atomic E-state index is 12.0. The van der Waals surface area contributed by atoms with Crippen LogP contribution >= 0.6 is 0 Å². The van der Waals surface area contributed by atoms with E-state index in [-0.39, 0.29) is 18.6 Å². The molecule has 24 heavy (non-hydrogen) atoms. The predicted molar refractivity (Wildman–Crippen MR) is 93.0 cm³/mol. The third-order valence-corrected chi connectivity index (χ3v) is 3.75. The van der Waals surface area contributed by atoms with Crippen LogP contribution in [-0.4, -0.2) is 18.1 Å². The van der Waals surface area contributed by atoms with E-state index in [1.165, 1.54) is 5.56 Å². The predicted octanol–water partition coefficient (Wildman–Crippen LogP) is 3.23. The van der Waals surface area contributed by atoms with E-state index in [9.17, 15) is 10.1 Å². The molecule has 2 rings (SSSR count). The lowest BCUT2D eigenvalue weighted by Crippen LogP contribution is -2.41. The molecule has 4 heteroatoms. The van der Waals surface area contributed by atoms with E-state index in [0.29, 0.717) is 6.42 Å². The average molecular weight is 322 g/mol. The van der Waals surface area contributed by atoms with Crippen LogP contribution in [0.5, 0.6) is 0 Å². The van der Waals surface area contributed by atoms with Crippen molar-refractivity contribution in [2.75, 3.05) is 0 Å². The van der Waals surface area contributed by atoms with Gasteiger partial charge in [-0.3, -0.25) is 10.1 Å². The summed E-state index contributed by atoms with van der Waals surface area (Å²) < 4.78 is 5.29. The molecule has 0 radical (unpaired) electrons. The number of nitrogens with zero attached hydrogens (tertiary/aromatic N) is 1. The van der Waals surface area contributed by atoms with Crippen LogP contribution in [0.25, 0.3) is 0 Å². The van der Waals surface area contributed by atoms with E-state index in [0.717, 1.165) is 12.0 Å². The van der Waals surface area contributed by atoms with E-state index in [4.69, 9.17) is 4.74 Å². The summed E-state index contributed by atoms with van der Waals surface area (Å²) in [4.78, 5) is 12.0. The molecule has 0 saturated heterocycles. The van der Waals surface area contributed by atoms with Crippen LogP contribution in [0.3, 0.4) is 0 Å². The summed E-state index contributed by atoms with van der Waals surface area (Å²) in [6.07, 6.45) is 1.44.